The number of carbonyl (C=O) groups is 1. The number of hydrogen-bond donors (Lipinski definition) is 1. The van der Waals surface area contributed by atoms with Crippen LogP contribution in [0.2, 0.25) is 5.02 Å². The molecule has 2 aromatic carbocycles. The zero-order valence-electron chi connectivity index (χ0n) is 23.9. The van der Waals surface area contributed by atoms with Crippen LogP contribution in [0, 0.1) is 17.7 Å². The maximum Gasteiger partial charge on any atom is 0.227 e. The van der Waals surface area contributed by atoms with Gasteiger partial charge >= 0.3 is 0 Å². The molecule has 2 aliphatic heterocycles. The van der Waals surface area contributed by atoms with Crippen LogP contribution in [0.1, 0.15) is 57.7 Å². The highest BCUT2D eigenvalue weighted by molar-refractivity contribution is 7.84. The minimum Gasteiger partial charge on any atom is -0.365 e. The first-order chi connectivity index (χ1) is 18.4. The van der Waals surface area contributed by atoms with E-state index in [-0.39, 0.29) is 35.5 Å². The van der Waals surface area contributed by atoms with Gasteiger partial charge in [-0.3, -0.25) is 4.79 Å². The second-order valence-electron chi connectivity index (χ2n) is 12.2. The summed E-state index contributed by atoms with van der Waals surface area (Å²) in [5, 5.41) is 0.691. The lowest BCUT2D eigenvalue weighted by Gasteiger charge is -2.39. The number of carbonyl (C=O) groups excluding carboxylic acids is 1. The first-order valence-electron chi connectivity index (χ1n) is 13.8. The molecule has 0 aromatic heterocycles. The third-order valence-electron chi connectivity index (χ3n) is 7.84. The van der Waals surface area contributed by atoms with Crippen LogP contribution in [0.25, 0.3) is 0 Å². The molecule has 0 aliphatic carbocycles. The number of nitrogens with one attached hydrogen (secondary N) is 1. The SMILES string of the molecule is CC(C)[C@H](N[S@@](=O)C(C)(C)C)c1cccc(F)c1N1CCN(C(=O)[C@H]2CN(C)C[C@@H]2c2ccc(Cl)cc2)CC1. The van der Waals surface area contributed by atoms with Gasteiger partial charge in [-0.2, -0.15) is 0 Å². The molecule has 2 fully saturated rings. The molecule has 2 heterocycles. The summed E-state index contributed by atoms with van der Waals surface area (Å²) < 4.78 is 31.2. The number of amides is 1. The van der Waals surface area contributed by atoms with Crippen molar-refractivity contribution in [2.75, 3.05) is 51.2 Å². The highest BCUT2D eigenvalue weighted by Gasteiger charge is 2.40. The van der Waals surface area contributed by atoms with Crippen LogP contribution in [0.4, 0.5) is 10.1 Å². The number of hydrogen-bond acceptors (Lipinski definition) is 4. The van der Waals surface area contributed by atoms with Crippen LogP contribution in [0.3, 0.4) is 0 Å². The highest BCUT2D eigenvalue weighted by Crippen LogP contribution is 2.36. The van der Waals surface area contributed by atoms with Crippen LogP contribution >= 0.6 is 11.6 Å². The Hall–Kier alpha value is -2.00. The fourth-order valence-corrected chi connectivity index (χ4v) is 6.76. The number of piperazine rings is 1. The average molecular weight is 577 g/mol. The molecule has 2 saturated heterocycles. The van der Waals surface area contributed by atoms with Gasteiger partial charge in [0.05, 0.1) is 27.3 Å². The average Bonchev–Trinajstić information content (AvgIpc) is 3.28. The Morgan fingerprint density at radius 2 is 1.69 bits per heavy atom. The Morgan fingerprint density at radius 1 is 1.05 bits per heavy atom. The van der Waals surface area contributed by atoms with E-state index < -0.39 is 15.7 Å². The van der Waals surface area contributed by atoms with Crippen LogP contribution < -0.4 is 9.62 Å². The van der Waals surface area contributed by atoms with Gasteiger partial charge in [0.25, 0.3) is 0 Å². The molecule has 0 spiro atoms. The zero-order valence-corrected chi connectivity index (χ0v) is 25.5. The van der Waals surface area contributed by atoms with E-state index in [0.29, 0.717) is 36.9 Å². The van der Waals surface area contributed by atoms with Crippen molar-refractivity contribution >= 4 is 34.2 Å². The van der Waals surface area contributed by atoms with Gasteiger partial charge in [0.15, 0.2) is 0 Å². The molecule has 0 saturated carbocycles. The van der Waals surface area contributed by atoms with Crippen molar-refractivity contribution in [3.05, 3.63) is 64.4 Å². The Balaban J connectivity index is 1.50. The van der Waals surface area contributed by atoms with Crippen LogP contribution in [0.15, 0.2) is 42.5 Å². The van der Waals surface area contributed by atoms with Crippen molar-refractivity contribution in [2.24, 2.45) is 11.8 Å². The molecule has 214 valence electrons. The summed E-state index contributed by atoms with van der Waals surface area (Å²) in [7, 11) is 0.755. The minimum atomic E-state index is -1.30. The summed E-state index contributed by atoms with van der Waals surface area (Å²) in [5.41, 5.74) is 2.49. The van der Waals surface area contributed by atoms with Crippen LogP contribution in [-0.2, 0) is 15.8 Å². The van der Waals surface area contributed by atoms with Crippen LogP contribution in [-0.4, -0.2) is 71.0 Å². The summed E-state index contributed by atoms with van der Waals surface area (Å²) in [4.78, 5) is 19.9. The molecule has 1 amide bonds. The van der Waals surface area contributed by atoms with Gasteiger partial charge in [0.2, 0.25) is 5.91 Å². The van der Waals surface area contributed by atoms with Crippen molar-refractivity contribution in [1.82, 2.24) is 14.5 Å². The Kier molecular flexibility index (Phi) is 9.41. The second-order valence-corrected chi connectivity index (χ2v) is 14.6. The third kappa shape index (κ3) is 6.84. The van der Waals surface area contributed by atoms with Crippen LogP contribution in [0.5, 0.6) is 0 Å². The quantitative estimate of drug-likeness (QED) is 0.491. The summed E-state index contributed by atoms with van der Waals surface area (Å²) in [6.45, 7) is 13.6. The number of likely N-dealkylation sites (N-methyl/N-ethyl adjacent to an activating group) is 1. The van der Waals surface area contributed by atoms with Crippen molar-refractivity contribution in [1.29, 1.82) is 0 Å². The van der Waals surface area contributed by atoms with Crippen molar-refractivity contribution in [2.45, 2.75) is 51.3 Å². The zero-order chi connectivity index (χ0) is 28.5. The molecule has 0 radical (unpaired) electrons. The van der Waals surface area contributed by atoms with Gasteiger partial charge < -0.3 is 14.7 Å². The molecule has 4 rings (SSSR count). The second kappa shape index (κ2) is 12.2. The number of anilines is 1. The van der Waals surface area contributed by atoms with Gasteiger partial charge in [-0.15, -0.1) is 0 Å². The molecule has 9 heteroatoms. The van der Waals surface area contributed by atoms with Gasteiger partial charge in [-0.25, -0.2) is 13.3 Å². The predicted molar refractivity (Wildman–Crippen MR) is 159 cm³/mol. The topological polar surface area (TPSA) is 55.9 Å². The van der Waals surface area contributed by atoms with E-state index in [0.717, 1.165) is 24.2 Å². The molecule has 0 unspecified atom stereocenters. The highest BCUT2D eigenvalue weighted by atomic mass is 35.5. The molecular weight excluding hydrogens is 535 g/mol. The van der Waals surface area contributed by atoms with Gasteiger partial charge in [0, 0.05) is 56.3 Å². The normalized spacial score (nSPS) is 22.4. The molecule has 39 heavy (non-hydrogen) atoms. The molecular formula is C30H42ClFN4O2S. The molecule has 2 aliphatic rings. The lowest BCUT2D eigenvalue weighted by molar-refractivity contribution is -0.135. The molecule has 0 bridgehead atoms. The van der Waals surface area contributed by atoms with Crippen molar-refractivity contribution in [3.63, 3.8) is 0 Å². The summed E-state index contributed by atoms with van der Waals surface area (Å²) in [6, 6.07) is 12.7. The lowest BCUT2D eigenvalue weighted by Crippen LogP contribution is -2.51. The standard InChI is InChI=1S/C30H42ClFN4O2S/c1-20(2)27(33-39(38)30(3,4)5)23-8-7-9-26(32)28(23)35-14-16-36(17-15-35)29(37)25-19-34(6)18-24(25)21-10-12-22(31)13-11-21/h7-13,20,24-25,27,33H,14-19H2,1-6H3/t24-,25+,27+,39+/m1/s1. The van der Waals surface area contributed by atoms with E-state index in [4.69, 9.17) is 11.6 Å². The number of rotatable bonds is 7. The number of para-hydroxylation sites is 1. The molecule has 2 aromatic rings. The Labute approximate surface area is 240 Å². The summed E-state index contributed by atoms with van der Waals surface area (Å²) in [5.74, 6) is -0.0217. The monoisotopic (exact) mass is 576 g/mol. The maximum absolute atomic E-state index is 15.4. The number of benzene rings is 2. The number of halogens is 2. The van der Waals surface area contributed by atoms with Gasteiger partial charge in [-0.05, 0) is 63.1 Å². The van der Waals surface area contributed by atoms with E-state index >= 15 is 4.39 Å². The first-order valence-corrected chi connectivity index (χ1v) is 15.3. The van der Waals surface area contributed by atoms with Gasteiger partial charge in [0.1, 0.15) is 5.82 Å². The number of likely N-dealkylation sites (tertiary alicyclic amines) is 1. The molecule has 6 nitrogen and oxygen atoms in total. The van der Waals surface area contributed by atoms with E-state index in [9.17, 15) is 9.00 Å². The molecule has 4 atom stereocenters. The van der Waals surface area contributed by atoms with E-state index in [2.05, 4.69) is 30.5 Å². The van der Waals surface area contributed by atoms with Crippen molar-refractivity contribution in [3.8, 4) is 0 Å². The third-order valence-corrected chi connectivity index (χ3v) is 9.67. The largest absolute Gasteiger partial charge is 0.365 e. The fourth-order valence-electron chi connectivity index (χ4n) is 5.65. The Bertz CT molecular complexity index is 1180. The predicted octanol–water partition coefficient (Wildman–Crippen LogP) is 5.22. The fraction of sp³-hybridized carbons (Fsp3) is 0.567. The first kappa shape index (κ1) is 30.0. The lowest BCUT2D eigenvalue weighted by atomic mass is 9.88. The van der Waals surface area contributed by atoms with E-state index in [1.54, 1.807) is 6.07 Å². The number of nitrogens with zero attached hydrogens (tertiary/aromatic N) is 3. The van der Waals surface area contributed by atoms with E-state index in [1.807, 2.05) is 60.9 Å². The van der Waals surface area contributed by atoms with E-state index in [1.165, 1.54) is 6.07 Å². The smallest absolute Gasteiger partial charge is 0.227 e. The molecule has 1 N–H and O–H groups in total. The van der Waals surface area contributed by atoms with Gasteiger partial charge in [-0.1, -0.05) is 49.7 Å². The maximum atomic E-state index is 15.4. The minimum absolute atomic E-state index is 0.101. The Morgan fingerprint density at radius 3 is 2.28 bits per heavy atom. The van der Waals surface area contributed by atoms with Crippen molar-refractivity contribution < 1.29 is 13.4 Å². The summed E-state index contributed by atoms with van der Waals surface area (Å²) >= 11 is 6.10. The summed E-state index contributed by atoms with van der Waals surface area (Å²) in [6.07, 6.45) is 0.